The van der Waals surface area contributed by atoms with E-state index in [0.717, 1.165) is 5.69 Å². The average molecular weight is 376 g/mol. The summed E-state index contributed by atoms with van der Waals surface area (Å²) in [6.07, 6.45) is 3.87. The van der Waals surface area contributed by atoms with E-state index in [0.29, 0.717) is 23.0 Å². The lowest BCUT2D eigenvalue weighted by Gasteiger charge is -2.25. The van der Waals surface area contributed by atoms with E-state index in [9.17, 15) is 4.79 Å². The molecule has 0 fully saturated rings. The second-order valence-corrected chi connectivity index (χ2v) is 7.06. The van der Waals surface area contributed by atoms with Gasteiger partial charge in [0.1, 0.15) is 5.38 Å². The molecule has 0 aliphatic carbocycles. The van der Waals surface area contributed by atoms with Crippen molar-refractivity contribution in [2.24, 2.45) is 0 Å². The van der Waals surface area contributed by atoms with Crippen molar-refractivity contribution in [3.8, 4) is 0 Å². The Kier molecular flexibility index (Phi) is 7.10. The van der Waals surface area contributed by atoms with Gasteiger partial charge >= 0.3 is 0 Å². The minimum atomic E-state index is -0.785. The van der Waals surface area contributed by atoms with Gasteiger partial charge in [-0.1, -0.05) is 61.9 Å². The van der Waals surface area contributed by atoms with Crippen LogP contribution >= 0.6 is 23.2 Å². The van der Waals surface area contributed by atoms with Crippen molar-refractivity contribution in [1.82, 2.24) is 0 Å². The monoisotopic (exact) mass is 375 g/mol. The zero-order valence-electron chi connectivity index (χ0n) is 14.7. The summed E-state index contributed by atoms with van der Waals surface area (Å²) >= 11 is 12.5. The summed E-state index contributed by atoms with van der Waals surface area (Å²) < 4.78 is 0. The third kappa shape index (κ3) is 5.10. The number of nitrogens with zero attached hydrogens (tertiary/aromatic N) is 1. The number of rotatable bonds is 6. The van der Waals surface area contributed by atoms with E-state index >= 15 is 0 Å². The topological polar surface area (TPSA) is 20.3 Å². The van der Waals surface area contributed by atoms with Crippen LogP contribution in [0.25, 0.3) is 0 Å². The molecule has 2 aromatic carbocycles. The van der Waals surface area contributed by atoms with Crippen LogP contribution in [0.2, 0.25) is 5.02 Å². The third-order valence-corrected chi connectivity index (χ3v) is 4.67. The summed E-state index contributed by atoms with van der Waals surface area (Å²) in [4.78, 5) is 14.8. The van der Waals surface area contributed by atoms with Gasteiger partial charge in [-0.15, -0.1) is 11.6 Å². The van der Waals surface area contributed by atoms with E-state index in [1.165, 1.54) is 5.56 Å². The largest absolute Gasteiger partial charge is 0.307 e. The fourth-order valence-electron chi connectivity index (χ4n) is 2.53. The van der Waals surface area contributed by atoms with Crippen molar-refractivity contribution in [2.45, 2.75) is 32.1 Å². The van der Waals surface area contributed by atoms with E-state index < -0.39 is 5.38 Å². The number of carbonyl (C=O) groups is 1. The first-order chi connectivity index (χ1) is 11.9. The molecule has 2 rings (SSSR count). The van der Waals surface area contributed by atoms with Gasteiger partial charge in [0.2, 0.25) is 5.91 Å². The SMILES string of the molecule is CC=CCN(C(=O)C(Cl)c1cccc(Cl)c1)c1cccc(C(C)C)c1. The highest BCUT2D eigenvalue weighted by molar-refractivity contribution is 6.33. The Morgan fingerprint density at radius 2 is 1.80 bits per heavy atom. The summed E-state index contributed by atoms with van der Waals surface area (Å²) in [6.45, 7) is 6.67. The second-order valence-electron chi connectivity index (χ2n) is 6.19. The van der Waals surface area contributed by atoms with Gasteiger partial charge in [-0.25, -0.2) is 0 Å². The fraction of sp³-hybridized carbons (Fsp3) is 0.286. The molecule has 0 spiro atoms. The van der Waals surface area contributed by atoms with E-state index in [1.54, 1.807) is 23.1 Å². The molecule has 1 amide bonds. The number of hydrogen-bond acceptors (Lipinski definition) is 1. The van der Waals surface area contributed by atoms with Crippen LogP contribution in [0.5, 0.6) is 0 Å². The van der Waals surface area contributed by atoms with Crippen LogP contribution in [0.3, 0.4) is 0 Å². The molecule has 0 radical (unpaired) electrons. The predicted molar refractivity (Wildman–Crippen MR) is 108 cm³/mol. The van der Waals surface area contributed by atoms with Crippen molar-refractivity contribution < 1.29 is 4.79 Å². The van der Waals surface area contributed by atoms with E-state index in [1.807, 2.05) is 43.3 Å². The molecule has 0 aliphatic rings. The van der Waals surface area contributed by atoms with Crippen LogP contribution in [-0.2, 0) is 4.79 Å². The van der Waals surface area contributed by atoms with Crippen LogP contribution in [0, 0.1) is 0 Å². The van der Waals surface area contributed by atoms with E-state index in [2.05, 4.69) is 19.9 Å². The Morgan fingerprint density at radius 1 is 1.12 bits per heavy atom. The number of allylic oxidation sites excluding steroid dienone is 1. The van der Waals surface area contributed by atoms with Gasteiger partial charge in [0.25, 0.3) is 0 Å². The highest BCUT2D eigenvalue weighted by atomic mass is 35.5. The average Bonchev–Trinajstić information content (AvgIpc) is 2.61. The Bertz CT molecular complexity index is 755. The molecule has 0 N–H and O–H groups in total. The number of anilines is 1. The third-order valence-electron chi connectivity index (χ3n) is 4.00. The smallest absolute Gasteiger partial charge is 0.249 e. The number of benzene rings is 2. The second kappa shape index (κ2) is 9.07. The van der Waals surface area contributed by atoms with Crippen molar-refractivity contribution in [2.75, 3.05) is 11.4 Å². The first-order valence-corrected chi connectivity index (χ1v) is 9.17. The molecule has 0 aliphatic heterocycles. The number of hydrogen-bond donors (Lipinski definition) is 0. The molecule has 0 saturated carbocycles. The molecule has 2 nitrogen and oxygen atoms in total. The zero-order valence-corrected chi connectivity index (χ0v) is 16.3. The van der Waals surface area contributed by atoms with Crippen molar-refractivity contribution >= 4 is 34.8 Å². The summed E-state index contributed by atoms with van der Waals surface area (Å²) in [6, 6.07) is 15.2. The maximum atomic E-state index is 13.1. The van der Waals surface area contributed by atoms with Gasteiger partial charge < -0.3 is 4.90 Å². The Labute approximate surface area is 160 Å². The fourth-order valence-corrected chi connectivity index (χ4v) is 2.98. The quantitative estimate of drug-likeness (QED) is 0.425. The normalized spacial score (nSPS) is 12.6. The molecule has 1 atom stereocenters. The lowest BCUT2D eigenvalue weighted by atomic mass is 10.0. The lowest BCUT2D eigenvalue weighted by molar-refractivity contribution is -0.118. The van der Waals surface area contributed by atoms with E-state index in [-0.39, 0.29) is 5.91 Å². The Balaban J connectivity index is 2.36. The van der Waals surface area contributed by atoms with Gasteiger partial charge in [0, 0.05) is 17.3 Å². The summed E-state index contributed by atoms with van der Waals surface area (Å²) in [5, 5.41) is -0.218. The van der Waals surface area contributed by atoms with Crippen molar-refractivity contribution in [3.05, 3.63) is 76.8 Å². The lowest BCUT2D eigenvalue weighted by Crippen LogP contribution is -2.34. The molecule has 0 heterocycles. The summed E-state index contributed by atoms with van der Waals surface area (Å²) in [5.41, 5.74) is 2.73. The number of alkyl halides is 1. The number of amides is 1. The molecule has 4 heteroatoms. The minimum Gasteiger partial charge on any atom is -0.307 e. The maximum Gasteiger partial charge on any atom is 0.249 e. The van der Waals surface area contributed by atoms with Gasteiger partial charge in [-0.3, -0.25) is 4.79 Å². The van der Waals surface area contributed by atoms with Gasteiger partial charge in [-0.2, -0.15) is 0 Å². The first kappa shape index (κ1) is 19.6. The molecule has 0 saturated heterocycles. The molecular formula is C21H23Cl2NO. The molecule has 1 unspecified atom stereocenters. The van der Waals surface area contributed by atoms with Gasteiger partial charge in [-0.05, 0) is 48.2 Å². The summed E-state index contributed by atoms with van der Waals surface area (Å²) in [7, 11) is 0. The first-order valence-electron chi connectivity index (χ1n) is 8.36. The number of halogens is 2. The van der Waals surface area contributed by atoms with Crippen LogP contribution in [0.1, 0.15) is 43.2 Å². The zero-order chi connectivity index (χ0) is 18.4. The predicted octanol–water partition coefficient (Wildman–Crippen LogP) is 6.35. The number of carbonyl (C=O) groups excluding carboxylic acids is 1. The molecular weight excluding hydrogens is 353 g/mol. The minimum absolute atomic E-state index is 0.164. The van der Waals surface area contributed by atoms with Crippen LogP contribution < -0.4 is 4.90 Å². The van der Waals surface area contributed by atoms with Gasteiger partial charge in [0.15, 0.2) is 0 Å². The molecule has 0 bridgehead atoms. The standard InChI is InChI=1S/C21H23Cl2NO/c1-4-5-12-24(19-11-7-8-16(14-19)15(2)3)21(25)20(23)17-9-6-10-18(22)13-17/h4-11,13-15,20H,12H2,1-3H3. The molecule has 2 aromatic rings. The molecule has 132 valence electrons. The molecule has 0 aromatic heterocycles. The van der Waals surface area contributed by atoms with Crippen molar-refractivity contribution in [1.29, 1.82) is 0 Å². The molecule has 25 heavy (non-hydrogen) atoms. The van der Waals surface area contributed by atoms with Crippen LogP contribution in [0.4, 0.5) is 5.69 Å². The highest BCUT2D eigenvalue weighted by Crippen LogP contribution is 2.29. The Hall–Kier alpha value is -1.77. The van der Waals surface area contributed by atoms with E-state index in [4.69, 9.17) is 23.2 Å². The van der Waals surface area contributed by atoms with Crippen LogP contribution in [-0.4, -0.2) is 12.5 Å². The van der Waals surface area contributed by atoms with Crippen LogP contribution in [0.15, 0.2) is 60.7 Å². The van der Waals surface area contributed by atoms with Gasteiger partial charge in [0.05, 0.1) is 0 Å². The summed E-state index contributed by atoms with van der Waals surface area (Å²) in [5.74, 6) is 0.223. The van der Waals surface area contributed by atoms with Crippen molar-refractivity contribution in [3.63, 3.8) is 0 Å². The Morgan fingerprint density at radius 3 is 2.44 bits per heavy atom. The highest BCUT2D eigenvalue weighted by Gasteiger charge is 2.25. The maximum absolute atomic E-state index is 13.1.